The number of aliphatic hydroxyl groups excluding tert-OH is 1. The van der Waals surface area contributed by atoms with Crippen LogP contribution >= 0.6 is 0 Å². The molecule has 4 N–H and O–H groups in total. The molecule has 0 saturated carbocycles. The number of urea groups is 1. The van der Waals surface area contributed by atoms with Crippen molar-refractivity contribution in [3.8, 4) is 11.3 Å². The van der Waals surface area contributed by atoms with Crippen molar-refractivity contribution in [3.05, 3.63) is 70.8 Å². The molecule has 3 heterocycles. The SMILES string of the molecule is Cc1cc(F)ccc1-c1ccc(N)c(NC(=O)N2Cc3cnc(CCO)cc3C2)n1. The van der Waals surface area contributed by atoms with Crippen molar-refractivity contribution in [3.63, 3.8) is 0 Å². The number of nitrogens with zero attached hydrogens (tertiary/aromatic N) is 3. The molecule has 4 rings (SSSR count). The zero-order chi connectivity index (χ0) is 21.3. The van der Waals surface area contributed by atoms with Gasteiger partial charge in [-0.3, -0.25) is 10.3 Å². The summed E-state index contributed by atoms with van der Waals surface area (Å²) >= 11 is 0. The van der Waals surface area contributed by atoms with Crippen LogP contribution in [-0.4, -0.2) is 32.6 Å². The van der Waals surface area contributed by atoms with E-state index >= 15 is 0 Å². The molecule has 1 aliphatic heterocycles. The number of pyridine rings is 2. The zero-order valence-electron chi connectivity index (χ0n) is 16.5. The lowest BCUT2D eigenvalue weighted by Gasteiger charge is -2.17. The molecule has 3 aromatic rings. The third-order valence-corrected chi connectivity index (χ3v) is 5.13. The fourth-order valence-electron chi connectivity index (χ4n) is 3.54. The van der Waals surface area contributed by atoms with E-state index in [2.05, 4.69) is 15.3 Å². The van der Waals surface area contributed by atoms with Gasteiger partial charge in [0.2, 0.25) is 0 Å². The average Bonchev–Trinajstić information content (AvgIpc) is 3.14. The molecule has 30 heavy (non-hydrogen) atoms. The Bertz CT molecular complexity index is 1120. The van der Waals surface area contributed by atoms with Crippen LogP contribution in [0.15, 0.2) is 42.6 Å². The number of anilines is 2. The number of amides is 2. The summed E-state index contributed by atoms with van der Waals surface area (Å²) in [6, 6.07) is 9.48. The lowest BCUT2D eigenvalue weighted by Crippen LogP contribution is -2.30. The Balaban J connectivity index is 1.52. The number of hydrogen-bond donors (Lipinski definition) is 3. The highest BCUT2D eigenvalue weighted by Gasteiger charge is 2.25. The molecule has 154 valence electrons. The molecule has 1 aliphatic rings. The molecule has 2 aromatic heterocycles. The number of hydrogen-bond acceptors (Lipinski definition) is 5. The number of aryl methyl sites for hydroxylation is 1. The summed E-state index contributed by atoms with van der Waals surface area (Å²) in [5.74, 6) is -0.0540. The molecular weight excluding hydrogens is 385 g/mol. The minimum atomic E-state index is -0.318. The average molecular weight is 407 g/mol. The molecule has 0 radical (unpaired) electrons. The van der Waals surface area contributed by atoms with Crippen LogP contribution in [0, 0.1) is 12.7 Å². The first-order chi connectivity index (χ1) is 14.4. The first-order valence-corrected chi connectivity index (χ1v) is 9.61. The number of halogens is 1. The Morgan fingerprint density at radius 3 is 2.80 bits per heavy atom. The number of nitrogens with two attached hydrogens (primary N) is 1. The molecule has 2 amide bonds. The number of carbonyl (C=O) groups excluding carboxylic acids is 1. The molecular formula is C22H22FN5O2. The third kappa shape index (κ3) is 3.95. The lowest BCUT2D eigenvalue weighted by molar-refractivity contribution is 0.212. The molecule has 7 nitrogen and oxygen atoms in total. The van der Waals surface area contributed by atoms with E-state index in [0.29, 0.717) is 30.9 Å². The van der Waals surface area contributed by atoms with Crippen LogP contribution in [0.25, 0.3) is 11.3 Å². The van der Waals surface area contributed by atoms with Gasteiger partial charge in [-0.15, -0.1) is 0 Å². The number of nitrogens with one attached hydrogen (secondary N) is 1. The molecule has 0 bridgehead atoms. The Labute approximate surface area is 173 Å². The fourth-order valence-corrected chi connectivity index (χ4v) is 3.54. The lowest BCUT2D eigenvalue weighted by atomic mass is 10.0. The first kappa shape index (κ1) is 19.8. The van der Waals surface area contributed by atoms with Gasteiger partial charge in [0.1, 0.15) is 5.82 Å². The van der Waals surface area contributed by atoms with Gasteiger partial charge in [0, 0.05) is 43.6 Å². The minimum Gasteiger partial charge on any atom is -0.396 e. The van der Waals surface area contributed by atoms with E-state index in [1.54, 1.807) is 36.2 Å². The number of aliphatic hydroxyl groups is 1. The van der Waals surface area contributed by atoms with E-state index in [-0.39, 0.29) is 24.3 Å². The summed E-state index contributed by atoms with van der Waals surface area (Å²) in [4.78, 5) is 23.3. The van der Waals surface area contributed by atoms with E-state index in [0.717, 1.165) is 27.9 Å². The van der Waals surface area contributed by atoms with Crippen LogP contribution in [0.4, 0.5) is 20.7 Å². The Kier molecular flexibility index (Phi) is 5.33. The number of aromatic nitrogens is 2. The number of nitrogen functional groups attached to an aromatic ring is 1. The molecule has 0 aliphatic carbocycles. The molecule has 0 saturated heterocycles. The van der Waals surface area contributed by atoms with E-state index < -0.39 is 0 Å². The van der Waals surface area contributed by atoms with Crippen molar-refractivity contribution >= 4 is 17.5 Å². The second kappa shape index (κ2) is 8.08. The maximum atomic E-state index is 13.4. The third-order valence-electron chi connectivity index (χ3n) is 5.13. The van der Waals surface area contributed by atoms with Gasteiger partial charge in [0.05, 0.1) is 11.4 Å². The second-order valence-corrected chi connectivity index (χ2v) is 7.30. The van der Waals surface area contributed by atoms with E-state index in [1.807, 2.05) is 6.07 Å². The van der Waals surface area contributed by atoms with Crippen LogP contribution in [0.1, 0.15) is 22.4 Å². The predicted molar refractivity (Wildman–Crippen MR) is 112 cm³/mol. The molecule has 1 aromatic carbocycles. The van der Waals surface area contributed by atoms with Gasteiger partial charge in [-0.05, 0) is 60.0 Å². The molecule has 0 spiro atoms. The molecule has 8 heteroatoms. The smallest absolute Gasteiger partial charge is 0.323 e. The van der Waals surface area contributed by atoms with Gasteiger partial charge in [-0.2, -0.15) is 0 Å². The molecule has 0 unspecified atom stereocenters. The Morgan fingerprint density at radius 2 is 2.03 bits per heavy atom. The minimum absolute atomic E-state index is 0.0325. The quantitative estimate of drug-likeness (QED) is 0.616. The van der Waals surface area contributed by atoms with Crippen LogP contribution in [0.3, 0.4) is 0 Å². The molecule has 0 atom stereocenters. The zero-order valence-corrected chi connectivity index (χ0v) is 16.5. The van der Waals surface area contributed by atoms with Gasteiger partial charge in [0.25, 0.3) is 0 Å². The maximum Gasteiger partial charge on any atom is 0.323 e. The van der Waals surface area contributed by atoms with Gasteiger partial charge in [0.15, 0.2) is 5.82 Å². The number of carbonyl (C=O) groups is 1. The van der Waals surface area contributed by atoms with Gasteiger partial charge < -0.3 is 15.7 Å². The maximum absolute atomic E-state index is 13.4. The predicted octanol–water partition coefficient (Wildman–Crippen LogP) is 3.26. The standard InChI is InChI=1S/C22H22FN5O2/c1-13-8-16(23)2-3-18(13)20-5-4-19(24)21(26-20)27-22(30)28-11-14-9-17(6-7-29)25-10-15(14)12-28/h2-5,8-10,29H,6-7,11-12,24H2,1H3,(H,26,27,30). The van der Waals surface area contributed by atoms with E-state index in [9.17, 15) is 9.18 Å². The van der Waals surface area contributed by atoms with Crippen molar-refractivity contribution in [2.75, 3.05) is 17.7 Å². The monoisotopic (exact) mass is 407 g/mol. The van der Waals surface area contributed by atoms with Crippen molar-refractivity contribution < 1.29 is 14.3 Å². The highest BCUT2D eigenvalue weighted by atomic mass is 19.1. The van der Waals surface area contributed by atoms with Gasteiger partial charge >= 0.3 is 6.03 Å². The van der Waals surface area contributed by atoms with Crippen molar-refractivity contribution in [1.29, 1.82) is 0 Å². The highest BCUT2D eigenvalue weighted by molar-refractivity contribution is 5.92. The Morgan fingerprint density at radius 1 is 1.23 bits per heavy atom. The summed E-state index contributed by atoms with van der Waals surface area (Å²) in [6.07, 6.45) is 2.23. The Hall–Kier alpha value is -3.52. The topological polar surface area (TPSA) is 104 Å². The summed E-state index contributed by atoms with van der Waals surface area (Å²) in [5.41, 5.74) is 11.3. The van der Waals surface area contributed by atoms with Crippen molar-refractivity contribution in [1.82, 2.24) is 14.9 Å². The van der Waals surface area contributed by atoms with E-state index in [4.69, 9.17) is 10.8 Å². The summed E-state index contributed by atoms with van der Waals surface area (Å²) in [7, 11) is 0. The van der Waals surface area contributed by atoms with Gasteiger partial charge in [-0.25, -0.2) is 14.2 Å². The number of fused-ring (bicyclic) bond motifs is 1. The highest BCUT2D eigenvalue weighted by Crippen LogP contribution is 2.28. The van der Waals surface area contributed by atoms with E-state index in [1.165, 1.54) is 12.1 Å². The van der Waals surface area contributed by atoms with Crippen LogP contribution in [0.5, 0.6) is 0 Å². The van der Waals surface area contributed by atoms with Crippen LogP contribution < -0.4 is 11.1 Å². The van der Waals surface area contributed by atoms with Crippen molar-refractivity contribution in [2.45, 2.75) is 26.4 Å². The first-order valence-electron chi connectivity index (χ1n) is 9.61. The number of benzene rings is 1. The largest absolute Gasteiger partial charge is 0.396 e. The summed E-state index contributed by atoms with van der Waals surface area (Å²) < 4.78 is 13.4. The molecule has 0 fully saturated rings. The summed E-state index contributed by atoms with van der Waals surface area (Å²) in [6.45, 7) is 2.71. The van der Waals surface area contributed by atoms with Crippen LogP contribution in [0.2, 0.25) is 0 Å². The normalized spacial score (nSPS) is 12.7. The van der Waals surface area contributed by atoms with Crippen LogP contribution in [-0.2, 0) is 19.5 Å². The summed E-state index contributed by atoms with van der Waals surface area (Å²) in [5, 5.41) is 11.9. The second-order valence-electron chi connectivity index (χ2n) is 7.30. The van der Waals surface area contributed by atoms with Crippen molar-refractivity contribution in [2.24, 2.45) is 0 Å². The van der Waals surface area contributed by atoms with Gasteiger partial charge in [-0.1, -0.05) is 0 Å². The fraction of sp³-hybridized carbons (Fsp3) is 0.227. The number of rotatable bonds is 4.